The third-order valence-corrected chi connectivity index (χ3v) is 11.9. The first-order valence-electron chi connectivity index (χ1n) is 13.9. The molecule has 0 aromatic carbocycles. The van der Waals surface area contributed by atoms with Crippen molar-refractivity contribution in [2.45, 2.75) is 39.5 Å². The Kier molecular flexibility index (Phi) is 8.22. The Morgan fingerprint density at radius 1 is 0.571 bits per heavy atom. The number of hydrogen-bond acceptors (Lipinski definition) is 8. The Morgan fingerprint density at radius 3 is 1.38 bits per heavy atom. The summed E-state index contributed by atoms with van der Waals surface area (Å²) in [5.41, 5.74) is 1.05. The van der Waals surface area contributed by atoms with Gasteiger partial charge in [0.1, 0.15) is 9.75 Å². The number of hydrogen-bond donors (Lipinski definition) is 0. The number of nitrogens with zero attached hydrogens (tertiary/aromatic N) is 2. The molecular formula is C32H28N2O4S4. The van der Waals surface area contributed by atoms with Crippen molar-refractivity contribution < 1.29 is 19.2 Å². The van der Waals surface area contributed by atoms with E-state index in [1.165, 1.54) is 32.5 Å². The van der Waals surface area contributed by atoms with Crippen molar-refractivity contribution in [3.8, 4) is 19.5 Å². The maximum absolute atomic E-state index is 12.7. The normalized spacial score (nSPS) is 14.9. The number of imide groups is 2. The molecule has 0 unspecified atom stereocenters. The van der Waals surface area contributed by atoms with Gasteiger partial charge >= 0.3 is 0 Å². The molecule has 214 valence electrons. The molecule has 0 aliphatic carbocycles. The lowest BCUT2D eigenvalue weighted by molar-refractivity contribution is 0.0638. The van der Waals surface area contributed by atoms with Crippen LogP contribution in [0.25, 0.3) is 31.7 Å². The van der Waals surface area contributed by atoms with Gasteiger partial charge in [-0.3, -0.25) is 29.0 Å². The second-order valence-corrected chi connectivity index (χ2v) is 14.4. The van der Waals surface area contributed by atoms with Gasteiger partial charge in [-0.25, -0.2) is 0 Å². The van der Waals surface area contributed by atoms with E-state index in [1.807, 2.05) is 74.5 Å². The number of rotatable bonds is 11. The largest absolute Gasteiger partial charge is 0.274 e. The van der Waals surface area contributed by atoms with Gasteiger partial charge in [-0.05, 0) is 61.4 Å². The van der Waals surface area contributed by atoms with Crippen molar-refractivity contribution in [1.29, 1.82) is 0 Å². The van der Waals surface area contributed by atoms with Gasteiger partial charge in [-0.2, -0.15) is 0 Å². The summed E-state index contributed by atoms with van der Waals surface area (Å²) >= 11 is 6.04. The van der Waals surface area contributed by atoms with Crippen molar-refractivity contribution >= 4 is 81.1 Å². The maximum atomic E-state index is 12.7. The predicted molar refractivity (Wildman–Crippen MR) is 174 cm³/mol. The van der Waals surface area contributed by atoms with Crippen LogP contribution in [-0.4, -0.2) is 46.5 Å². The molecule has 0 radical (unpaired) electrons. The van der Waals surface area contributed by atoms with E-state index in [-0.39, 0.29) is 23.6 Å². The number of amides is 4. The maximum Gasteiger partial charge on any atom is 0.271 e. The van der Waals surface area contributed by atoms with Gasteiger partial charge in [-0.15, -0.1) is 45.3 Å². The zero-order chi connectivity index (χ0) is 29.4. The van der Waals surface area contributed by atoms with E-state index in [9.17, 15) is 19.2 Å². The van der Waals surface area contributed by atoms with E-state index in [0.717, 1.165) is 54.9 Å². The highest BCUT2D eigenvalue weighted by Crippen LogP contribution is 2.41. The van der Waals surface area contributed by atoms with E-state index in [1.54, 1.807) is 22.7 Å². The molecular weight excluding hydrogens is 605 g/mol. The molecule has 2 aliphatic heterocycles. The summed E-state index contributed by atoms with van der Waals surface area (Å²) in [6.07, 6.45) is 11.6. The van der Waals surface area contributed by atoms with E-state index in [2.05, 4.69) is 0 Å². The van der Waals surface area contributed by atoms with E-state index < -0.39 is 0 Å². The van der Waals surface area contributed by atoms with Gasteiger partial charge in [-0.1, -0.05) is 38.8 Å². The molecule has 6 rings (SSSR count). The molecule has 4 aromatic heterocycles. The van der Waals surface area contributed by atoms with Crippen LogP contribution in [0.5, 0.6) is 0 Å². The molecule has 0 N–H and O–H groups in total. The monoisotopic (exact) mass is 632 g/mol. The molecule has 4 amide bonds. The zero-order valence-electron chi connectivity index (χ0n) is 23.2. The topological polar surface area (TPSA) is 74.8 Å². The Bertz CT molecular complexity index is 1570. The molecule has 6 heterocycles. The van der Waals surface area contributed by atoms with Crippen LogP contribution >= 0.6 is 45.3 Å². The fraction of sp³-hybridized carbons (Fsp3) is 0.250. The fourth-order valence-electron chi connectivity index (χ4n) is 4.87. The van der Waals surface area contributed by atoms with Gasteiger partial charge in [0.05, 0.1) is 11.1 Å². The first kappa shape index (κ1) is 28.7. The third-order valence-electron chi connectivity index (χ3n) is 7.14. The van der Waals surface area contributed by atoms with Gasteiger partial charge in [0.15, 0.2) is 0 Å². The molecule has 0 saturated heterocycles. The summed E-state index contributed by atoms with van der Waals surface area (Å²) in [5.74, 6) is -0.692. The quantitative estimate of drug-likeness (QED) is 0.122. The van der Waals surface area contributed by atoms with Crippen LogP contribution in [0.2, 0.25) is 0 Å². The van der Waals surface area contributed by atoms with Crippen molar-refractivity contribution in [1.82, 2.24) is 9.80 Å². The number of carbonyl (C=O) groups is 4. The highest BCUT2D eigenvalue weighted by Gasteiger charge is 2.38. The lowest BCUT2D eigenvalue weighted by Gasteiger charge is -2.12. The van der Waals surface area contributed by atoms with E-state index >= 15 is 0 Å². The molecule has 2 aliphatic rings. The second-order valence-electron chi connectivity index (χ2n) is 10.1. The summed E-state index contributed by atoms with van der Waals surface area (Å²) in [6, 6.07) is 11.9. The molecule has 4 aromatic rings. The number of allylic oxidation sites excluding steroid dienone is 2. The predicted octanol–water partition coefficient (Wildman–Crippen LogP) is 8.79. The summed E-state index contributed by atoms with van der Waals surface area (Å²) in [7, 11) is 0. The zero-order valence-corrected chi connectivity index (χ0v) is 26.4. The molecule has 0 fully saturated rings. The van der Waals surface area contributed by atoms with Gasteiger partial charge in [0, 0.05) is 42.4 Å². The van der Waals surface area contributed by atoms with Crippen LogP contribution < -0.4 is 0 Å². The molecule has 0 spiro atoms. The van der Waals surface area contributed by atoms with Crippen molar-refractivity contribution in [2.75, 3.05) is 13.1 Å². The summed E-state index contributed by atoms with van der Waals surface area (Å²) < 4.78 is 0. The Hall–Kier alpha value is -3.44. The second kappa shape index (κ2) is 12.0. The van der Waals surface area contributed by atoms with Crippen LogP contribution in [0, 0.1) is 0 Å². The Balaban J connectivity index is 1.08. The first-order valence-corrected chi connectivity index (χ1v) is 17.2. The van der Waals surface area contributed by atoms with Crippen molar-refractivity contribution in [2.24, 2.45) is 0 Å². The smallest absolute Gasteiger partial charge is 0.271 e. The van der Waals surface area contributed by atoms with Crippen molar-refractivity contribution in [3.63, 3.8) is 0 Å². The van der Waals surface area contributed by atoms with Gasteiger partial charge in [0.25, 0.3) is 23.6 Å². The standard InChI is InChI=1S/C32H28N2O4S4/c1-3-5-15-33-29(35)21-17-25(41-27(21)31(33)37)23-13-11-19(39-23)9-7-8-10-20-12-14-24(40-20)26-18-22-28(42-26)32(38)34(30(22)36)16-6-4-2/h7-14,17-18H,3-6,15-16H2,1-2H3. The number of fused-ring (bicyclic) bond motifs is 2. The highest BCUT2D eigenvalue weighted by molar-refractivity contribution is 7.24. The third kappa shape index (κ3) is 5.28. The summed E-state index contributed by atoms with van der Waals surface area (Å²) in [4.78, 5) is 60.8. The van der Waals surface area contributed by atoms with Crippen LogP contribution in [0.4, 0.5) is 0 Å². The van der Waals surface area contributed by atoms with E-state index in [0.29, 0.717) is 34.0 Å². The van der Waals surface area contributed by atoms with Crippen LogP contribution in [0.15, 0.2) is 48.6 Å². The van der Waals surface area contributed by atoms with E-state index in [4.69, 9.17) is 0 Å². The minimum atomic E-state index is -0.177. The molecule has 0 bridgehead atoms. The van der Waals surface area contributed by atoms with Gasteiger partial charge in [0.2, 0.25) is 0 Å². The Labute approximate surface area is 260 Å². The fourth-order valence-corrected chi connectivity index (χ4v) is 9.07. The average molecular weight is 633 g/mol. The Morgan fingerprint density at radius 2 is 1.00 bits per heavy atom. The molecule has 0 saturated carbocycles. The van der Waals surface area contributed by atoms with Crippen LogP contribution in [-0.2, 0) is 0 Å². The molecule has 10 heteroatoms. The molecule has 42 heavy (non-hydrogen) atoms. The summed E-state index contributed by atoms with van der Waals surface area (Å²) in [6.45, 7) is 5.05. The minimum absolute atomic E-state index is 0.169. The minimum Gasteiger partial charge on any atom is -0.274 e. The van der Waals surface area contributed by atoms with Gasteiger partial charge < -0.3 is 0 Å². The lowest BCUT2D eigenvalue weighted by Crippen LogP contribution is -2.30. The van der Waals surface area contributed by atoms with Crippen LogP contribution in [0.1, 0.15) is 89.3 Å². The number of carbonyl (C=O) groups excluding carboxylic acids is 4. The highest BCUT2D eigenvalue weighted by atomic mass is 32.1. The number of thiophene rings is 4. The average Bonchev–Trinajstić information content (AvgIpc) is 3.82. The van der Waals surface area contributed by atoms with Crippen LogP contribution in [0.3, 0.4) is 0 Å². The molecule has 6 nitrogen and oxygen atoms in total. The SMILES string of the molecule is CCCCN1C(=O)c2cc(-c3ccc(C=CC=Cc4ccc(-c5cc6c(s5)C(=O)N(CCCC)C6=O)s4)s3)sc2C1=O. The first-order chi connectivity index (χ1) is 20.4. The number of unbranched alkanes of at least 4 members (excludes halogenated alkanes) is 2. The summed E-state index contributed by atoms with van der Waals surface area (Å²) in [5, 5.41) is 0. The van der Waals surface area contributed by atoms with Crippen molar-refractivity contribution in [3.05, 3.63) is 79.2 Å². The molecule has 0 atom stereocenters. The lowest BCUT2D eigenvalue weighted by atomic mass is 10.2.